The third kappa shape index (κ3) is 27.1. The second-order valence-corrected chi connectivity index (χ2v) is 28.8. The lowest BCUT2D eigenvalue weighted by Crippen LogP contribution is -2.59. The first-order valence-corrected chi connectivity index (χ1v) is 35.1. The van der Waals surface area contributed by atoms with Gasteiger partial charge in [-0.25, -0.2) is 4.79 Å². The van der Waals surface area contributed by atoms with Crippen molar-refractivity contribution in [3.8, 4) is 0 Å². The minimum Gasteiger partial charge on any atom is -0.460 e. The molecule has 0 bridgehead atoms. The molecule has 1 aliphatic rings. The van der Waals surface area contributed by atoms with E-state index in [-0.39, 0.29) is 76.1 Å². The van der Waals surface area contributed by atoms with Crippen molar-refractivity contribution in [2.45, 2.75) is 243 Å². The third-order valence-electron chi connectivity index (χ3n) is 18.4. The Morgan fingerprint density at radius 2 is 1.03 bits per heavy atom. The summed E-state index contributed by atoms with van der Waals surface area (Å²) in [5.41, 5.74) is 0. The van der Waals surface area contributed by atoms with Gasteiger partial charge in [0.1, 0.15) is 67.0 Å². The first kappa shape index (κ1) is 88.8. The van der Waals surface area contributed by atoms with Gasteiger partial charge < -0.3 is 71.2 Å². The number of hydrogen-bond donors (Lipinski definition) is 7. The van der Waals surface area contributed by atoms with Crippen LogP contribution in [0.2, 0.25) is 0 Å². The summed E-state index contributed by atoms with van der Waals surface area (Å²) in [6, 6.07) is -10.7. The highest BCUT2D eigenvalue weighted by atomic mass is 16.5. The van der Waals surface area contributed by atoms with Gasteiger partial charge in [0.2, 0.25) is 70.9 Å². The van der Waals surface area contributed by atoms with Crippen LogP contribution in [0, 0.1) is 53.3 Å². The molecule has 14 atom stereocenters. The summed E-state index contributed by atoms with van der Waals surface area (Å²) < 4.78 is 11.2. The summed E-state index contributed by atoms with van der Waals surface area (Å²) in [6.07, 6.45) is -1.16. The number of methoxy groups -OCH3 is 1. The van der Waals surface area contributed by atoms with Crippen molar-refractivity contribution in [3.63, 3.8) is 0 Å². The standard InChI is InChI=1S/C70H124N12O16/c1-25-43(14)57-69(95)80(21)58(42(12)13)64(90)73-46(17)62(88)71-31-28-51(83)74-49(35-39(6)7)66(92)82(23)60(45(16)27-3)70(96)98-47(18)55(61(87)50(36-40(8)9)79(20)68(94)56(41(10)11)77-54(86)37-97-24)67(93)78(19)33-30-53(85)75-48(34-38(4)5)65(91)81(22)59(44(15)26-2)63(89)72-32-29-52(84)76-57/h38-50,55-60H,25-37H2,1-24H3,(H,71,88)(H,72,89)(H,73,90)(H,74,83)(H,75,85)(H,76,84)(H,77,86)/t43?,44?,45?,46-,47?,48+,49?,50+,55-,56-,57?,58?,59?,60+/m0/s1. The van der Waals surface area contributed by atoms with E-state index in [9.17, 15) is 57.5 Å². The Hall–Kier alpha value is -7.26. The Bertz CT molecular complexity index is 2710. The highest BCUT2D eigenvalue weighted by Gasteiger charge is 2.46. The van der Waals surface area contributed by atoms with E-state index >= 15 is 9.59 Å². The van der Waals surface area contributed by atoms with Gasteiger partial charge in [0.05, 0.1) is 6.04 Å². The van der Waals surface area contributed by atoms with Crippen LogP contribution in [0.4, 0.5) is 0 Å². The van der Waals surface area contributed by atoms with Crippen LogP contribution in [0.1, 0.15) is 182 Å². The molecule has 8 unspecified atom stereocenters. The molecule has 0 aromatic heterocycles. The van der Waals surface area contributed by atoms with E-state index in [1.807, 2.05) is 41.5 Å². The predicted molar refractivity (Wildman–Crippen MR) is 371 cm³/mol. The molecule has 28 heteroatoms. The van der Waals surface area contributed by atoms with Gasteiger partial charge in [-0.2, -0.15) is 0 Å². The number of amides is 12. The topological polar surface area (TPSA) is 358 Å². The molecule has 0 spiro atoms. The van der Waals surface area contributed by atoms with Crippen LogP contribution < -0.4 is 37.2 Å². The maximum absolute atomic E-state index is 15.6. The van der Waals surface area contributed by atoms with Gasteiger partial charge in [0, 0.05) is 81.2 Å². The van der Waals surface area contributed by atoms with E-state index < -0.39 is 185 Å². The molecular formula is C70H124N12O16. The lowest BCUT2D eigenvalue weighted by molar-refractivity contribution is -0.167. The number of Topliss-reactive ketones (excluding diaryl/α,β-unsaturated/α-hetero) is 1. The summed E-state index contributed by atoms with van der Waals surface area (Å²) in [5.74, 6) is -14.6. The van der Waals surface area contributed by atoms with Gasteiger partial charge in [-0.15, -0.1) is 0 Å². The first-order chi connectivity index (χ1) is 45.6. The summed E-state index contributed by atoms with van der Waals surface area (Å²) >= 11 is 0. The van der Waals surface area contributed by atoms with Gasteiger partial charge in [0.25, 0.3) is 0 Å². The van der Waals surface area contributed by atoms with Crippen molar-refractivity contribution in [2.75, 3.05) is 68.6 Å². The molecule has 0 saturated carbocycles. The molecular weight excluding hydrogens is 1260 g/mol. The van der Waals surface area contributed by atoms with Crippen molar-refractivity contribution >= 4 is 82.6 Å². The fourth-order valence-corrected chi connectivity index (χ4v) is 12.0. The van der Waals surface area contributed by atoms with Crippen molar-refractivity contribution in [2.24, 2.45) is 53.3 Å². The number of carbonyl (C=O) groups excluding carboxylic acids is 14. The van der Waals surface area contributed by atoms with E-state index in [0.29, 0.717) is 19.3 Å². The number of hydrogen-bond acceptors (Lipinski definition) is 16. The first-order valence-electron chi connectivity index (χ1n) is 35.1. The third-order valence-corrected chi connectivity index (χ3v) is 18.4. The number of rotatable bonds is 21. The fourth-order valence-electron chi connectivity index (χ4n) is 12.0. The lowest BCUT2D eigenvalue weighted by Gasteiger charge is -2.37. The number of ketones is 1. The maximum Gasteiger partial charge on any atom is 0.329 e. The van der Waals surface area contributed by atoms with Crippen LogP contribution in [0.25, 0.3) is 0 Å². The number of ether oxygens (including phenoxy) is 2. The maximum atomic E-state index is 15.6. The molecule has 0 radical (unpaired) electrons. The number of carbonyl (C=O) groups is 14. The minimum atomic E-state index is -1.86. The minimum absolute atomic E-state index is 0.00317. The number of nitrogens with zero attached hydrogens (tertiary/aromatic N) is 5. The Balaban J connectivity index is 4.25. The zero-order valence-corrected chi connectivity index (χ0v) is 63.4. The van der Waals surface area contributed by atoms with Gasteiger partial charge in [-0.1, -0.05) is 130 Å². The molecule has 1 saturated heterocycles. The average molecular weight is 1390 g/mol. The Morgan fingerprint density at radius 3 is 1.49 bits per heavy atom. The smallest absolute Gasteiger partial charge is 0.329 e. The van der Waals surface area contributed by atoms with Crippen LogP contribution in [0.15, 0.2) is 0 Å². The van der Waals surface area contributed by atoms with Gasteiger partial charge in [-0.3, -0.25) is 62.3 Å². The summed E-state index contributed by atoms with van der Waals surface area (Å²) in [6.45, 7) is 30.2. The number of cyclic esters (lactones) is 1. The zero-order chi connectivity index (χ0) is 75.5. The second-order valence-electron chi connectivity index (χ2n) is 28.8. The molecule has 0 aliphatic carbocycles. The van der Waals surface area contributed by atoms with Gasteiger partial charge in [0.15, 0.2) is 5.78 Å². The van der Waals surface area contributed by atoms with Crippen molar-refractivity contribution < 1.29 is 76.6 Å². The number of nitrogens with one attached hydrogen (secondary N) is 7. The molecule has 560 valence electrons. The van der Waals surface area contributed by atoms with E-state index in [1.165, 1.54) is 70.9 Å². The Morgan fingerprint density at radius 1 is 0.571 bits per heavy atom. The van der Waals surface area contributed by atoms with E-state index in [0.717, 1.165) is 9.80 Å². The Kier molecular flexibility index (Phi) is 38.6. The van der Waals surface area contributed by atoms with Crippen molar-refractivity contribution in [1.29, 1.82) is 0 Å². The summed E-state index contributed by atoms with van der Waals surface area (Å²) in [4.78, 5) is 206. The number of esters is 1. The molecule has 1 fully saturated rings. The van der Waals surface area contributed by atoms with Crippen LogP contribution in [-0.4, -0.2) is 236 Å². The highest BCUT2D eigenvalue weighted by Crippen LogP contribution is 2.27. The van der Waals surface area contributed by atoms with Crippen LogP contribution in [0.3, 0.4) is 0 Å². The molecule has 28 nitrogen and oxygen atoms in total. The van der Waals surface area contributed by atoms with E-state index in [1.54, 1.807) is 69.2 Å². The normalized spacial score (nSPS) is 25.0. The quantitative estimate of drug-likeness (QED) is 0.0642. The zero-order valence-electron chi connectivity index (χ0n) is 63.4. The van der Waals surface area contributed by atoms with Gasteiger partial charge >= 0.3 is 5.97 Å². The average Bonchev–Trinajstić information content (AvgIpc) is 0.827. The summed E-state index contributed by atoms with van der Waals surface area (Å²) in [5, 5.41) is 19.1. The molecule has 1 heterocycles. The molecule has 12 amide bonds. The second kappa shape index (κ2) is 42.6. The lowest BCUT2D eigenvalue weighted by atomic mass is 9.86. The Labute approximate surface area is 583 Å². The molecule has 98 heavy (non-hydrogen) atoms. The largest absolute Gasteiger partial charge is 0.460 e. The van der Waals surface area contributed by atoms with Crippen molar-refractivity contribution in [1.82, 2.24) is 61.7 Å². The van der Waals surface area contributed by atoms with Crippen LogP contribution in [-0.2, 0) is 76.6 Å². The SMILES string of the molecule is CCC(C)C1NC(=O)CCNC(=O)C(C(C)CC)N(C)C(=O)[C@@H](CC(C)C)NC(=O)CCN(C)C(=O)[C@H](C(=O)[C@@H](CC(C)C)N(C)C(=O)[C@@H](NC(=O)COC)C(C)C)C(C)OC(=O)[C@@H](C(C)CC)N(C)C(=O)C(CC(C)C)NC(=O)CCNC(=O)[C@H](C)NC(=O)C(C(C)C)N(C)C1=O. The molecule has 1 rings (SSSR count). The van der Waals surface area contributed by atoms with Crippen LogP contribution >= 0.6 is 0 Å². The van der Waals surface area contributed by atoms with Crippen molar-refractivity contribution in [3.05, 3.63) is 0 Å². The molecule has 0 aromatic rings. The molecule has 7 N–H and O–H groups in total. The van der Waals surface area contributed by atoms with E-state index in [2.05, 4.69) is 37.2 Å². The highest BCUT2D eigenvalue weighted by molar-refractivity contribution is 6.06. The van der Waals surface area contributed by atoms with E-state index in [4.69, 9.17) is 9.47 Å². The number of likely N-dealkylation sites (N-methyl/N-ethyl adjacent to an activating group) is 4. The van der Waals surface area contributed by atoms with Gasteiger partial charge in [-0.05, 0) is 80.5 Å². The molecule has 1 aliphatic heterocycles. The van der Waals surface area contributed by atoms with Crippen LogP contribution in [0.5, 0.6) is 0 Å². The predicted octanol–water partition coefficient (Wildman–Crippen LogP) is 2.96. The fraction of sp³-hybridized carbons (Fsp3) is 0.800. The summed E-state index contributed by atoms with van der Waals surface area (Å²) in [7, 11) is 8.29. The molecule has 0 aromatic carbocycles. The monoisotopic (exact) mass is 1390 g/mol.